The predicted octanol–water partition coefficient (Wildman–Crippen LogP) is 5.21. The van der Waals surface area contributed by atoms with Gasteiger partial charge in [-0.3, -0.25) is 4.68 Å². The molecular weight excluding hydrogens is 350 g/mol. The third-order valence-electron chi connectivity index (χ3n) is 4.89. The molecule has 0 amide bonds. The minimum absolute atomic E-state index is 0.401. The van der Waals surface area contributed by atoms with E-state index in [-0.39, 0.29) is 0 Å². The molecule has 0 unspecified atom stereocenters. The molecule has 140 valence electrons. The summed E-state index contributed by atoms with van der Waals surface area (Å²) >= 11 is 1.62. The molecule has 1 aliphatic rings. The lowest BCUT2D eigenvalue weighted by atomic mass is 9.87. The van der Waals surface area contributed by atoms with Gasteiger partial charge in [-0.2, -0.15) is 5.10 Å². The van der Waals surface area contributed by atoms with Crippen LogP contribution >= 0.6 is 11.3 Å². The number of rotatable bonds is 5. The van der Waals surface area contributed by atoms with E-state index in [0.29, 0.717) is 18.2 Å². The van der Waals surface area contributed by atoms with Crippen molar-refractivity contribution in [3.63, 3.8) is 0 Å². The maximum Gasteiger partial charge on any atom is 0.525 e. The molecule has 0 bridgehead atoms. The highest BCUT2D eigenvalue weighted by atomic mass is 32.1. The van der Waals surface area contributed by atoms with Gasteiger partial charge in [0.05, 0.1) is 21.8 Å². The Bertz CT molecular complexity index is 781. The van der Waals surface area contributed by atoms with E-state index in [2.05, 4.69) is 18.9 Å². The Labute approximate surface area is 159 Å². The van der Waals surface area contributed by atoms with Crippen LogP contribution in [0, 0.1) is 5.92 Å². The molecule has 3 rings (SSSR count). The summed E-state index contributed by atoms with van der Waals surface area (Å²) in [6.07, 6.45) is 1.48. The van der Waals surface area contributed by atoms with E-state index >= 15 is 0 Å². The van der Waals surface area contributed by atoms with E-state index in [0.717, 1.165) is 10.6 Å². The SMILES string of the molecule is CC(C)Cn1nc(-c2cccs2)cc1C=C(F)B1OC(C)(C)C(C)(C)O1. The molecule has 2 aromatic heterocycles. The zero-order chi connectivity index (χ0) is 19.1. The molecule has 3 heterocycles. The highest BCUT2D eigenvalue weighted by Gasteiger charge is 2.53. The molecule has 0 aromatic carbocycles. The van der Waals surface area contributed by atoms with Crippen molar-refractivity contribution in [1.82, 2.24) is 9.78 Å². The second kappa shape index (κ2) is 6.95. The molecular formula is C19H26BFN2O2S. The molecule has 1 fully saturated rings. The van der Waals surface area contributed by atoms with Gasteiger partial charge in [-0.15, -0.1) is 11.3 Å². The van der Waals surface area contributed by atoms with Crippen LogP contribution in [0.4, 0.5) is 4.39 Å². The van der Waals surface area contributed by atoms with Crippen molar-refractivity contribution >= 4 is 24.5 Å². The predicted molar refractivity (Wildman–Crippen MR) is 106 cm³/mol. The molecule has 26 heavy (non-hydrogen) atoms. The first-order chi connectivity index (χ1) is 12.1. The van der Waals surface area contributed by atoms with Crippen LogP contribution in [0.1, 0.15) is 47.2 Å². The molecule has 1 saturated heterocycles. The van der Waals surface area contributed by atoms with Gasteiger partial charge in [-0.25, -0.2) is 4.39 Å². The van der Waals surface area contributed by atoms with E-state index in [1.54, 1.807) is 11.3 Å². The van der Waals surface area contributed by atoms with Crippen LogP contribution in [0.5, 0.6) is 0 Å². The second-order valence-electron chi connectivity index (χ2n) is 8.13. The number of hydrogen-bond donors (Lipinski definition) is 0. The first-order valence-corrected chi connectivity index (χ1v) is 9.81. The minimum atomic E-state index is -0.993. The maximum atomic E-state index is 14.9. The molecule has 0 N–H and O–H groups in total. The molecule has 2 aromatic rings. The van der Waals surface area contributed by atoms with Crippen molar-refractivity contribution in [3.05, 3.63) is 35.0 Å². The van der Waals surface area contributed by atoms with Crippen LogP contribution in [0.25, 0.3) is 16.6 Å². The summed E-state index contributed by atoms with van der Waals surface area (Å²) in [6, 6.07) is 5.92. The van der Waals surface area contributed by atoms with Crippen molar-refractivity contribution in [2.24, 2.45) is 5.92 Å². The molecule has 0 spiro atoms. The van der Waals surface area contributed by atoms with Crippen LogP contribution in [0.3, 0.4) is 0 Å². The third kappa shape index (κ3) is 3.80. The fourth-order valence-electron chi connectivity index (χ4n) is 2.75. The molecule has 0 atom stereocenters. The molecule has 0 radical (unpaired) electrons. The van der Waals surface area contributed by atoms with Gasteiger partial charge in [0.15, 0.2) is 0 Å². The van der Waals surface area contributed by atoms with Gasteiger partial charge in [0.25, 0.3) is 0 Å². The van der Waals surface area contributed by atoms with Crippen LogP contribution in [0.15, 0.2) is 29.3 Å². The number of hydrogen-bond acceptors (Lipinski definition) is 4. The lowest BCUT2D eigenvalue weighted by Gasteiger charge is -2.32. The highest BCUT2D eigenvalue weighted by molar-refractivity contribution is 7.13. The molecule has 0 aliphatic carbocycles. The third-order valence-corrected chi connectivity index (χ3v) is 5.78. The smallest absolute Gasteiger partial charge is 0.398 e. The standard InChI is InChI=1S/C19H26BFN2O2S/c1-13(2)12-23-14(10-15(22-23)16-8-7-9-26-16)11-17(21)20-24-18(3,4)19(5,6)25-20/h7-11,13H,12H2,1-6H3. The number of thiophene rings is 1. The zero-order valence-corrected chi connectivity index (χ0v) is 17.1. The average Bonchev–Trinajstić information content (AvgIpc) is 3.19. The molecule has 4 nitrogen and oxygen atoms in total. The average molecular weight is 376 g/mol. The quantitative estimate of drug-likeness (QED) is 0.672. The Kier molecular flexibility index (Phi) is 5.16. The Morgan fingerprint density at radius 2 is 1.96 bits per heavy atom. The Balaban J connectivity index is 1.91. The summed E-state index contributed by atoms with van der Waals surface area (Å²) in [5.41, 5.74) is 0.000899. The summed E-state index contributed by atoms with van der Waals surface area (Å²) < 4.78 is 28.4. The van der Waals surface area contributed by atoms with E-state index in [1.807, 2.05) is 56.0 Å². The zero-order valence-electron chi connectivity index (χ0n) is 16.2. The minimum Gasteiger partial charge on any atom is -0.398 e. The summed E-state index contributed by atoms with van der Waals surface area (Å²) in [5.74, 6) is 0.401. The summed E-state index contributed by atoms with van der Waals surface area (Å²) in [4.78, 5) is 1.07. The number of nitrogens with zero attached hydrogens (tertiary/aromatic N) is 2. The Hall–Kier alpha value is -1.44. The van der Waals surface area contributed by atoms with Gasteiger partial charge < -0.3 is 9.31 Å². The number of aromatic nitrogens is 2. The molecule has 7 heteroatoms. The van der Waals surface area contributed by atoms with Gasteiger partial charge >= 0.3 is 7.12 Å². The fraction of sp³-hybridized carbons (Fsp3) is 0.526. The van der Waals surface area contributed by atoms with Crippen molar-refractivity contribution in [1.29, 1.82) is 0 Å². The summed E-state index contributed by atoms with van der Waals surface area (Å²) in [6.45, 7) is 12.6. The largest absolute Gasteiger partial charge is 0.525 e. The first kappa shape index (κ1) is 19.3. The second-order valence-corrected chi connectivity index (χ2v) is 9.07. The van der Waals surface area contributed by atoms with E-state index in [9.17, 15) is 4.39 Å². The molecule has 1 aliphatic heterocycles. The van der Waals surface area contributed by atoms with Gasteiger partial charge in [0.2, 0.25) is 0 Å². The van der Waals surface area contributed by atoms with Crippen molar-refractivity contribution < 1.29 is 13.7 Å². The Morgan fingerprint density at radius 3 is 2.50 bits per heavy atom. The maximum absolute atomic E-state index is 14.9. The Morgan fingerprint density at radius 1 is 1.31 bits per heavy atom. The molecule has 0 saturated carbocycles. The lowest BCUT2D eigenvalue weighted by Crippen LogP contribution is -2.41. The summed E-state index contributed by atoms with van der Waals surface area (Å²) in [7, 11) is -0.993. The van der Waals surface area contributed by atoms with Crippen molar-refractivity contribution in [3.8, 4) is 10.6 Å². The van der Waals surface area contributed by atoms with Crippen molar-refractivity contribution in [2.45, 2.75) is 59.3 Å². The topological polar surface area (TPSA) is 36.3 Å². The van der Waals surface area contributed by atoms with Gasteiger partial charge in [-0.05, 0) is 57.2 Å². The van der Waals surface area contributed by atoms with Crippen molar-refractivity contribution in [2.75, 3.05) is 0 Å². The monoisotopic (exact) mass is 376 g/mol. The first-order valence-electron chi connectivity index (χ1n) is 8.93. The van der Waals surface area contributed by atoms with E-state index in [1.165, 1.54) is 6.08 Å². The lowest BCUT2D eigenvalue weighted by molar-refractivity contribution is 0.00578. The van der Waals surface area contributed by atoms with Gasteiger partial charge in [-0.1, -0.05) is 19.9 Å². The van der Waals surface area contributed by atoms with E-state index < -0.39 is 24.0 Å². The number of halogens is 1. The van der Waals surface area contributed by atoms with E-state index in [4.69, 9.17) is 9.31 Å². The normalized spacial score (nSPS) is 19.5. The van der Waals surface area contributed by atoms with Gasteiger partial charge in [0, 0.05) is 6.54 Å². The fourth-order valence-corrected chi connectivity index (χ4v) is 3.43. The van der Waals surface area contributed by atoms with Crippen LogP contribution < -0.4 is 0 Å². The summed E-state index contributed by atoms with van der Waals surface area (Å²) in [5, 5.41) is 6.68. The van der Waals surface area contributed by atoms with Gasteiger partial charge in [0.1, 0.15) is 11.4 Å². The van der Waals surface area contributed by atoms with Crippen LogP contribution in [-0.4, -0.2) is 28.1 Å². The van der Waals surface area contributed by atoms with Crippen LogP contribution in [-0.2, 0) is 15.9 Å². The highest BCUT2D eigenvalue weighted by Crippen LogP contribution is 2.39. The van der Waals surface area contributed by atoms with Crippen LogP contribution in [0.2, 0.25) is 0 Å².